The highest BCUT2D eigenvalue weighted by Crippen LogP contribution is 2.20. The summed E-state index contributed by atoms with van der Waals surface area (Å²) in [5.41, 5.74) is 0.127. The van der Waals surface area contributed by atoms with Gasteiger partial charge in [0.05, 0.1) is 11.6 Å². The van der Waals surface area contributed by atoms with E-state index in [4.69, 9.17) is 27.6 Å². The summed E-state index contributed by atoms with van der Waals surface area (Å²) in [6.45, 7) is 0.314. The first kappa shape index (κ1) is 14.4. The summed E-state index contributed by atoms with van der Waals surface area (Å²) >= 11 is 14.9. The Kier molecular flexibility index (Phi) is 4.50. The van der Waals surface area contributed by atoms with E-state index < -0.39 is 0 Å². The summed E-state index contributed by atoms with van der Waals surface area (Å²) in [4.78, 5) is 17.6. The van der Waals surface area contributed by atoms with Crippen molar-refractivity contribution in [1.82, 2.24) is 9.88 Å². The molecule has 0 radical (unpaired) electrons. The van der Waals surface area contributed by atoms with Crippen LogP contribution in [0.15, 0.2) is 33.4 Å². The van der Waals surface area contributed by atoms with Crippen LogP contribution in [0.1, 0.15) is 16.2 Å². The fourth-order valence-corrected chi connectivity index (χ4v) is 2.17. The van der Waals surface area contributed by atoms with Crippen LogP contribution in [0.2, 0.25) is 10.2 Å². The number of hydrogen-bond acceptors (Lipinski definition) is 3. The number of carbonyl (C=O) groups excluding carboxylic acids is 1. The van der Waals surface area contributed by atoms with Crippen LogP contribution in [0.5, 0.6) is 0 Å². The fourth-order valence-electron chi connectivity index (χ4n) is 1.49. The first-order valence-electron chi connectivity index (χ1n) is 5.29. The number of carbonyl (C=O) groups is 1. The molecule has 2 rings (SSSR count). The molecular formula is C12H9BrCl2N2O2. The maximum Gasteiger partial charge on any atom is 0.274 e. The summed E-state index contributed by atoms with van der Waals surface area (Å²) in [6, 6.07) is 6.62. The second kappa shape index (κ2) is 5.94. The molecule has 0 spiro atoms. The van der Waals surface area contributed by atoms with Gasteiger partial charge in [-0.25, -0.2) is 4.98 Å². The number of furan rings is 1. The number of nitrogens with zero attached hydrogens (tertiary/aromatic N) is 2. The molecule has 0 atom stereocenters. The van der Waals surface area contributed by atoms with Gasteiger partial charge >= 0.3 is 0 Å². The maximum atomic E-state index is 12.2. The lowest BCUT2D eigenvalue weighted by Crippen LogP contribution is -2.27. The summed E-state index contributed by atoms with van der Waals surface area (Å²) in [6.07, 6.45) is 0. The third-order valence-electron chi connectivity index (χ3n) is 2.38. The average Bonchev–Trinajstić information content (AvgIpc) is 2.77. The quantitative estimate of drug-likeness (QED) is 0.774. The molecule has 2 aromatic heterocycles. The lowest BCUT2D eigenvalue weighted by Gasteiger charge is -2.15. The standard InChI is InChI=1S/C12H9BrCl2N2O2/c1-17(6-7-2-4-9(13)19-7)12(18)11-8(14)3-5-10(15)16-11/h2-5H,6H2,1H3. The van der Waals surface area contributed by atoms with Gasteiger partial charge in [0.1, 0.15) is 16.6 Å². The van der Waals surface area contributed by atoms with Crippen molar-refractivity contribution >= 4 is 45.0 Å². The molecule has 1 amide bonds. The Morgan fingerprint density at radius 3 is 2.74 bits per heavy atom. The summed E-state index contributed by atoms with van der Waals surface area (Å²) in [7, 11) is 1.64. The highest BCUT2D eigenvalue weighted by molar-refractivity contribution is 9.10. The normalized spacial score (nSPS) is 10.5. The van der Waals surface area contributed by atoms with Crippen LogP contribution in [-0.2, 0) is 6.54 Å². The molecule has 0 saturated heterocycles. The zero-order chi connectivity index (χ0) is 14.0. The van der Waals surface area contributed by atoms with Gasteiger partial charge < -0.3 is 9.32 Å². The van der Waals surface area contributed by atoms with E-state index in [0.717, 1.165) is 0 Å². The molecule has 7 heteroatoms. The summed E-state index contributed by atoms with van der Waals surface area (Å²) < 4.78 is 5.95. The van der Waals surface area contributed by atoms with Crippen LogP contribution in [0.4, 0.5) is 0 Å². The summed E-state index contributed by atoms with van der Waals surface area (Å²) in [5.74, 6) is 0.334. The van der Waals surface area contributed by atoms with E-state index in [0.29, 0.717) is 17.0 Å². The molecule has 0 bridgehead atoms. The van der Waals surface area contributed by atoms with Gasteiger partial charge in [0.25, 0.3) is 5.91 Å². The van der Waals surface area contributed by atoms with Crippen molar-refractivity contribution in [2.45, 2.75) is 6.54 Å². The number of pyridine rings is 1. The largest absolute Gasteiger partial charge is 0.452 e. The Morgan fingerprint density at radius 2 is 2.11 bits per heavy atom. The van der Waals surface area contributed by atoms with Gasteiger partial charge in [0.2, 0.25) is 0 Å². The Hall–Kier alpha value is -1.04. The SMILES string of the molecule is CN(Cc1ccc(Br)o1)C(=O)c1nc(Cl)ccc1Cl. The predicted octanol–water partition coefficient (Wildman–Crippen LogP) is 4.02. The van der Waals surface area contributed by atoms with Gasteiger partial charge in [-0.05, 0) is 40.2 Å². The van der Waals surface area contributed by atoms with Crippen LogP contribution >= 0.6 is 39.1 Å². The van der Waals surface area contributed by atoms with Crippen LogP contribution in [0, 0.1) is 0 Å². The molecule has 0 aliphatic rings. The Morgan fingerprint density at radius 1 is 1.37 bits per heavy atom. The smallest absolute Gasteiger partial charge is 0.274 e. The van der Waals surface area contributed by atoms with Crippen molar-refractivity contribution in [3.8, 4) is 0 Å². The van der Waals surface area contributed by atoms with Crippen molar-refractivity contribution in [2.75, 3.05) is 7.05 Å². The molecule has 2 aromatic rings. The molecule has 0 N–H and O–H groups in total. The molecule has 19 heavy (non-hydrogen) atoms. The Bertz CT molecular complexity index is 616. The molecule has 2 heterocycles. The lowest BCUT2D eigenvalue weighted by atomic mass is 10.3. The Labute approximate surface area is 128 Å². The number of aromatic nitrogens is 1. The number of amides is 1. The molecule has 0 saturated carbocycles. The van der Waals surface area contributed by atoms with Crippen LogP contribution in [0.3, 0.4) is 0 Å². The van der Waals surface area contributed by atoms with Gasteiger partial charge in [0, 0.05) is 7.05 Å². The van der Waals surface area contributed by atoms with Gasteiger partial charge in [-0.2, -0.15) is 0 Å². The molecule has 0 fully saturated rings. The van der Waals surface area contributed by atoms with Crippen LogP contribution in [0.25, 0.3) is 0 Å². The van der Waals surface area contributed by atoms with E-state index in [9.17, 15) is 4.79 Å². The molecule has 0 aromatic carbocycles. The minimum Gasteiger partial charge on any atom is -0.452 e. The zero-order valence-electron chi connectivity index (χ0n) is 9.86. The second-order valence-electron chi connectivity index (χ2n) is 3.83. The van der Waals surface area contributed by atoms with Crippen molar-refractivity contribution < 1.29 is 9.21 Å². The van der Waals surface area contributed by atoms with Gasteiger partial charge in [0.15, 0.2) is 4.67 Å². The van der Waals surface area contributed by atoms with E-state index in [-0.39, 0.29) is 21.8 Å². The van der Waals surface area contributed by atoms with Crippen LogP contribution < -0.4 is 0 Å². The van der Waals surface area contributed by atoms with Gasteiger partial charge in [-0.1, -0.05) is 23.2 Å². The van der Waals surface area contributed by atoms with Crippen molar-refractivity contribution in [1.29, 1.82) is 0 Å². The van der Waals surface area contributed by atoms with Crippen molar-refractivity contribution in [3.05, 3.63) is 50.6 Å². The molecule has 100 valence electrons. The van der Waals surface area contributed by atoms with E-state index in [1.807, 2.05) is 0 Å². The van der Waals surface area contributed by atoms with Gasteiger partial charge in [-0.3, -0.25) is 4.79 Å². The molecule has 4 nitrogen and oxygen atoms in total. The number of halogens is 3. The van der Waals surface area contributed by atoms with E-state index in [1.54, 1.807) is 25.2 Å². The highest BCUT2D eigenvalue weighted by Gasteiger charge is 2.18. The fraction of sp³-hybridized carbons (Fsp3) is 0.167. The van der Waals surface area contributed by atoms with Gasteiger partial charge in [-0.15, -0.1) is 0 Å². The Balaban J connectivity index is 2.16. The monoisotopic (exact) mass is 362 g/mol. The van der Waals surface area contributed by atoms with Crippen molar-refractivity contribution in [3.63, 3.8) is 0 Å². The highest BCUT2D eigenvalue weighted by atomic mass is 79.9. The first-order chi connectivity index (χ1) is 8.97. The van der Waals surface area contributed by atoms with E-state index in [2.05, 4.69) is 20.9 Å². The molecule has 0 aliphatic heterocycles. The van der Waals surface area contributed by atoms with E-state index >= 15 is 0 Å². The maximum absolute atomic E-state index is 12.2. The molecule has 0 unspecified atom stereocenters. The topological polar surface area (TPSA) is 46.3 Å². The molecular weight excluding hydrogens is 355 g/mol. The minimum atomic E-state index is -0.319. The number of rotatable bonds is 3. The van der Waals surface area contributed by atoms with Crippen LogP contribution in [-0.4, -0.2) is 22.8 Å². The predicted molar refractivity (Wildman–Crippen MR) is 76.5 cm³/mol. The lowest BCUT2D eigenvalue weighted by molar-refractivity contribution is 0.0769. The number of hydrogen-bond donors (Lipinski definition) is 0. The molecule has 0 aliphatic carbocycles. The first-order valence-corrected chi connectivity index (χ1v) is 6.84. The minimum absolute atomic E-state index is 0.127. The zero-order valence-corrected chi connectivity index (χ0v) is 13.0. The average molecular weight is 364 g/mol. The van der Waals surface area contributed by atoms with E-state index in [1.165, 1.54) is 11.0 Å². The third-order valence-corrected chi connectivity index (χ3v) is 3.32. The second-order valence-corrected chi connectivity index (χ2v) is 5.41. The van der Waals surface area contributed by atoms with Crippen molar-refractivity contribution in [2.24, 2.45) is 0 Å². The summed E-state index contributed by atoms with van der Waals surface area (Å²) in [5, 5.41) is 0.490. The third kappa shape index (κ3) is 3.49.